The second-order valence-electron chi connectivity index (χ2n) is 4.68. The Morgan fingerprint density at radius 1 is 1.37 bits per heavy atom. The third-order valence-corrected chi connectivity index (χ3v) is 2.87. The van der Waals surface area contributed by atoms with Crippen LogP contribution in [0.2, 0.25) is 0 Å². The van der Waals surface area contributed by atoms with Crippen LogP contribution in [0.3, 0.4) is 0 Å². The van der Waals surface area contributed by atoms with Crippen LogP contribution in [0.5, 0.6) is 11.5 Å². The van der Waals surface area contributed by atoms with E-state index in [1.165, 1.54) is 5.56 Å². The number of nitrogens with one attached hydrogen (secondary N) is 1. The van der Waals surface area contributed by atoms with Gasteiger partial charge in [-0.15, -0.1) is 0 Å². The number of benzene rings is 1. The highest BCUT2D eigenvalue weighted by molar-refractivity contribution is 5.39. The van der Waals surface area contributed by atoms with Crippen molar-refractivity contribution in [2.45, 2.75) is 33.4 Å². The van der Waals surface area contributed by atoms with Gasteiger partial charge in [-0.05, 0) is 26.5 Å². The van der Waals surface area contributed by atoms with E-state index >= 15 is 0 Å². The molecule has 0 aliphatic heterocycles. The van der Waals surface area contributed by atoms with Gasteiger partial charge in [-0.3, -0.25) is 4.68 Å². The normalized spacial score (nSPS) is 10.7. The van der Waals surface area contributed by atoms with Crippen molar-refractivity contribution in [1.29, 1.82) is 0 Å². The molecule has 1 aromatic carbocycles. The zero-order valence-corrected chi connectivity index (χ0v) is 11.8. The minimum atomic E-state index is 0.787. The van der Waals surface area contributed by atoms with Crippen molar-refractivity contribution in [2.24, 2.45) is 0 Å². The van der Waals surface area contributed by atoms with Gasteiger partial charge in [0.05, 0.1) is 12.4 Å². The Morgan fingerprint density at radius 3 is 2.95 bits per heavy atom. The molecule has 0 fully saturated rings. The Kier molecular flexibility index (Phi) is 4.58. The van der Waals surface area contributed by atoms with Crippen molar-refractivity contribution in [3.63, 3.8) is 0 Å². The van der Waals surface area contributed by atoms with Crippen molar-refractivity contribution in [1.82, 2.24) is 15.1 Å². The summed E-state index contributed by atoms with van der Waals surface area (Å²) < 4.78 is 7.82. The number of hydrogen-bond donors (Lipinski definition) is 1. The topological polar surface area (TPSA) is 39.1 Å². The van der Waals surface area contributed by atoms with Crippen LogP contribution in [0.25, 0.3) is 0 Å². The minimum Gasteiger partial charge on any atom is -0.454 e. The summed E-state index contributed by atoms with van der Waals surface area (Å²) in [6.45, 7) is 5.93. The van der Waals surface area contributed by atoms with E-state index in [9.17, 15) is 0 Å². The van der Waals surface area contributed by atoms with Gasteiger partial charge in [-0.1, -0.05) is 24.6 Å². The van der Waals surface area contributed by atoms with Crippen LogP contribution >= 0.6 is 0 Å². The van der Waals surface area contributed by atoms with E-state index in [4.69, 9.17) is 4.74 Å². The number of ether oxygens (including phenoxy) is 1. The largest absolute Gasteiger partial charge is 0.454 e. The first-order valence-electron chi connectivity index (χ1n) is 6.67. The quantitative estimate of drug-likeness (QED) is 0.866. The van der Waals surface area contributed by atoms with Gasteiger partial charge < -0.3 is 10.1 Å². The van der Waals surface area contributed by atoms with Crippen molar-refractivity contribution in [3.8, 4) is 11.5 Å². The second-order valence-corrected chi connectivity index (χ2v) is 4.68. The van der Waals surface area contributed by atoms with E-state index in [1.807, 2.05) is 24.0 Å². The van der Waals surface area contributed by atoms with E-state index in [-0.39, 0.29) is 0 Å². The first-order chi connectivity index (χ1) is 9.22. The summed E-state index contributed by atoms with van der Waals surface area (Å²) in [6.07, 6.45) is 4.77. The van der Waals surface area contributed by atoms with Crippen molar-refractivity contribution < 1.29 is 4.74 Å². The molecule has 1 aromatic heterocycles. The maximum atomic E-state index is 5.92. The molecule has 2 rings (SSSR count). The Balaban J connectivity index is 2.16. The average Bonchev–Trinajstić information content (AvgIpc) is 2.81. The van der Waals surface area contributed by atoms with Crippen molar-refractivity contribution in [3.05, 3.63) is 41.7 Å². The SMILES string of the molecule is CCCn1cc(Oc2ccc(C)cc2CNC)cn1. The van der Waals surface area contributed by atoms with Crippen LogP contribution in [0, 0.1) is 6.92 Å². The highest BCUT2D eigenvalue weighted by Crippen LogP contribution is 2.26. The van der Waals surface area contributed by atoms with E-state index in [2.05, 4.69) is 36.4 Å². The van der Waals surface area contributed by atoms with Gasteiger partial charge >= 0.3 is 0 Å². The molecule has 0 amide bonds. The van der Waals surface area contributed by atoms with Crippen molar-refractivity contribution >= 4 is 0 Å². The lowest BCUT2D eigenvalue weighted by molar-refractivity contribution is 0.472. The molecule has 1 heterocycles. The van der Waals surface area contributed by atoms with E-state index in [1.54, 1.807) is 6.20 Å². The first kappa shape index (κ1) is 13.6. The summed E-state index contributed by atoms with van der Waals surface area (Å²) in [5.74, 6) is 1.67. The third kappa shape index (κ3) is 3.58. The first-order valence-corrected chi connectivity index (χ1v) is 6.67. The number of aryl methyl sites for hydroxylation is 2. The average molecular weight is 259 g/mol. The summed E-state index contributed by atoms with van der Waals surface area (Å²) in [6, 6.07) is 6.21. The Bertz CT molecular complexity index is 534. The fraction of sp³-hybridized carbons (Fsp3) is 0.400. The maximum absolute atomic E-state index is 5.92. The van der Waals surface area contributed by atoms with Crippen LogP contribution < -0.4 is 10.1 Å². The van der Waals surface area contributed by atoms with Crippen LogP contribution in [0.1, 0.15) is 24.5 Å². The molecule has 102 valence electrons. The zero-order chi connectivity index (χ0) is 13.7. The number of rotatable bonds is 6. The fourth-order valence-electron chi connectivity index (χ4n) is 2.01. The van der Waals surface area contributed by atoms with Gasteiger partial charge in [-0.2, -0.15) is 5.10 Å². The van der Waals surface area contributed by atoms with Crippen molar-refractivity contribution in [2.75, 3.05) is 7.05 Å². The Labute approximate surface area is 114 Å². The number of aromatic nitrogens is 2. The van der Waals surface area contributed by atoms with Crippen LogP contribution in [0.4, 0.5) is 0 Å². The molecule has 0 aliphatic rings. The lowest BCUT2D eigenvalue weighted by atomic mass is 10.1. The molecule has 0 radical (unpaired) electrons. The number of hydrogen-bond acceptors (Lipinski definition) is 3. The summed E-state index contributed by atoms with van der Waals surface area (Å²) in [7, 11) is 1.94. The highest BCUT2D eigenvalue weighted by atomic mass is 16.5. The molecule has 0 saturated heterocycles. The Morgan fingerprint density at radius 2 is 2.21 bits per heavy atom. The van der Waals surface area contributed by atoms with E-state index in [0.29, 0.717) is 0 Å². The summed E-state index contributed by atoms with van der Waals surface area (Å²) >= 11 is 0. The molecule has 0 bridgehead atoms. The molecule has 0 atom stereocenters. The molecular weight excluding hydrogens is 238 g/mol. The molecule has 4 heteroatoms. The lowest BCUT2D eigenvalue weighted by Gasteiger charge is -2.10. The lowest BCUT2D eigenvalue weighted by Crippen LogP contribution is -2.06. The standard InChI is InChI=1S/C15H21N3O/c1-4-7-18-11-14(10-17-18)19-15-6-5-12(2)8-13(15)9-16-3/h5-6,8,10-11,16H,4,7,9H2,1-3H3. The Hall–Kier alpha value is -1.81. The molecular formula is C15H21N3O. The van der Waals surface area contributed by atoms with Gasteiger partial charge in [0, 0.05) is 18.7 Å². The molecule has 0 unspecified atom stereocenters. The van der Waals surface area contributed by atoms with E-state index in [0.717, 1.165) is 36.6 Å². The van der Waals surface area contributed by atoms with Crippen LogP contribution in [0.15, 0.2) is 30.6 Å². The summed E-state index contributed by atoms with van der Waals surface area (Å²) in [5.41, 5.74) is 2.39. The second kappa shape index (κ2) is 6.38. The fourth-order valence-corrected chi connectivity index (χ4v) is 2.01. The van der Waals surface area contributed by atoms with Gasteiger partial charge in [-0.25, -0.2) is 0 Å². The van der Waals surface area contributed by atoms with Crippen LogP contribution in [-0.4, -0.2) is 16.8 Å². The maximum Gasteiger partial charge on any atom is 0.165 e. The summed E-state index contributed by atoms with van der Waals surface area (Å²) in [5, 5.41) is 7.43. The molecule has 19 heavy (non-hydrogen) atoms. The predicted octanol–water partition coefficient (Wildman–Crippen LogP) is 3.11. The molecule has 0 aliphatic carbocycles. The van der Waals surface area contributed by atoms with Crippen LogP contribution in [-0.2, 0) is 13.1 Å². The molecule has 0 spiro atoms. The smallest absolute Gasteiger partial charge is 0.165 e. The number of nitrogens with zero attached hydrogens (tertiary/aromatic N) is 2. The minimum absolute atomic E-state index is 0.787. The van der Waals surface area contributed by atoms with E-state index < -0.39 is 0 Å². The monoisotopic (exact) mass is 259 g/mol. The molecule has 2 aromatic rings. The molecule has 0 saturated carbocycles. The van der Waals surface area contributed by atoms with Gasteiger partial charge in [0.25, 0.3) is 0 Å². The highest BCUT2D eigenvalue weighted by Gasteiger charge is 2.06. The predicted molar refractivity (Wildman–Crippen MR) is 76.5 cm³/mol. The van der Waals surface area contributed by atoms with Gasteiger partial charge in [0.2, 0.25) is 0 Å². The molecule has 4 nitrogen and oxygen atoms in total. The zero-order valence-electron chi connectivity index (χ0n) is 11.8. The van der Waals surface area contributed by atoms with Gasteiger partial charge in [0.1, 0.15) is 5.75 Å². The third-order valence-electron chi connectivity index (χ3n) is 2.87. The molecule has 1 N–H and O–H groups in total. The van der Waals surface area contributed by atoms with Gasteiger partial charge in [0.15, 0.2) is 5.75 Å². The summed E-state index contributed by atoms with van der Waals surface area (Å²) in [4.78, 5) is 0.